The molecule has 0 atom stereocenters. The Morgan fingerprint density at radius 3 is 0.786 bits per heavy atom. The van der Waals surface area contributed by atoms with Crippen LogP contribution in [0, 0.1) is 10.8 Å². The molecular formula is C10H16Br4. The fourth-order valence-electron chi connectivity index (χ4n) is 0.960. The van der Waals surface area contributed by atoms with E-state index in [1.54, 1.807) is 0 Å². The molecule has 84 valence electrons. The zero-order valence-electron chi connectivity index (χ0n) is 8.17. The molecule has 0 aromatic heterocycles. The van der Waals surface area contributed by atoms with Gasteiger partial charge in [-0.05, 0) is 36.5 Å². The number of hydrogen-bond acceptors (Lipinski definition) is 0. The van der Waals surface area contributed by atoms with Crippen molar-refractivity contribution < 1.29 is 0 Å². The minimum atomic E-state index is 0.667. The van der Waals surface area contributed by atoms with E-state index >= 15 is 0 Å². The summed E-state index contributed by atoms with van der Waals surface area (Å²) < 4.78 is 0. The number of alkyl halides is 4. The molecule has 0 unspecified atom stereocenters. The van der Waals surface area contributed by atoms with Gasteiger partial charge < -0.3 is 0 Å². The lowest BCUT2D eigenvalue weighted by molar-refractivity contribution is 0.692. The number of rotatable bonds is 4. The minimum absolute atomic E-state index is 0.667. The van der Waals surface area contributed by atoms with Gasteiger partial charge in [0.2, 0.25) is 0 Å². The topological polar surface area (TPSA) is 0 Å². The fraction of sp³-hybridized carbons (Fsp3) is 1.00. The molecule has 2 aliphatic carbocycles. The summed E-state index contributed by atoms with van der Waals surface area (Å²) >= 11 is 13.9. The second-order valence-electron chi connectivity index (χ2n) is 4.53. The maximum atomic E-state index is 3.46. The molecule has 0 heterocycles. The van der Waals surface area contributed by atoms with Gasteiger partial charge in [-0.3, -0.25) is 0 Å². The Labute approximate surface area is 120 Å². The van der Waals surface area contributed by atoms with Gasteiger partial charge in [-0.2, -0.15) is 0 Å². The van der Waals surface area contributed by atoms with E-state index in [4.69, 9.17) is 0 Å². The summed E-state index contributed by atoms with van der Waals surface area (Å²) in [6.45, 7) is 0. The molecule has 0 spiro atoms. The zero-order chi connectivity index (χ0) is 10.7. The van der Waals surface area contributed by atoms with Crippen LogP contribution >= 0.6 is 63.7 Å². The molecular weight excluding hydrogens is 440 g/mol. The third-order valence-corrected chi connectivity index (χ3v) is 7.81. The van der Waals surface area contributed by atoms with Crippen LogP contribution in [0.4, 0.5) is 0 Å². The van der Waals surface area contributed by atoms with Crippen LogP contribution in [0.15, 0.2) is 0 Å². The quantitative estimate of drug-likeness (QED) is 0.517. The average molecular weight is 456 g/mol. The second kappa shape index (κ2) is 6.02. The van der Waals surface area contributed by atoms with Crippen molar-refractivity contribution in [1.82, 2.24) is 0 Å². The fourth-order valence-corrected chi connectivity index (χ4v) is 5.06. The predicted molar refractivity (Wildman–Crippen MR) is 78.5 cm³/mol. The first-order valence-electron chi connectivity index (χ1n) is 4.90. The Balaban J connectivity index is 0.000000140. The van der Waals surface area contributed by atoms with Crippen molar-refractivity contribution in [2.24, 2.45) is 10.8 Å². The van der Waals surface area contributed by atoms with Crippen LogP contribution in [0.1, 0.15) is 25.7 Å². The van der Waals surface area contributed by atoms with E-state index in [0.717, 1.165) is 0 Å². The minimum Gasteiger partial charge on any atom is -0.0922 e. The number of halogens is 4. The first-order valence-corrected chi connectivity index (χ1v) is 9.38. The van der Waals surface area contributed by atoms with E-state index in [9.17, 15) is 0 Å². The van der Waals surface area contributed by atoms with Gasteiger partial charge in [0.15, 0.2) is 0 Å². The lowest BCUT2D eigenvalue weighted by Gasteiger charge is -2.01. The maximum absolute atomic E-state index is 3.46. The largest absolute Gasteiger partial charge is 0.0922 e. The van der Waals surface area contributed by atoms with Crippen molar-refractivity contribution in [3.63, 3.8) is 0 Å². The molecule has 14 heavy (non-hydrogen) atoms. The lowest BCUT2D eigenvalue weighted by Crippen LogP contribution is -2.01. The molecule has 0 bridgehead atoms. The Bertz CT molecular complexity index is 141. The van der Waals surface area contributed by atoms with Crippen molar-refractivity contribution >= 4 is 63.7 Å². The molecule has 2 saturated carbocycles. The van der Waals surface area contributed by atoms with Gasteiger partial charge in [-0.1, -0.05) is 63.7 Å². The summed E-state index contributed by atoms with van der Waals surface area (Å²) in [4.78, 5) is 0. The van der Waals surface area contributed by atoms with E-state index in [2.05, 4.69) is 63.7 Å². The highest BCUT2D eigenvalue weighted by Crippen LogP contribution is 2.48. The molecule has 0 N–H and O–H groups in total. The van der Waals surface area contributed by atoms with Gasteiger partial charge in [0.25, 0.3) is 0 Å². The maximum Gasteiger partial charge on any atom is 0.00959 e. The average Bonchev–Trinajstić information content (AvgIpc) is 3.15. The van der Waals surface area contributed by atoms with Gasteiger partial charge in [-0.25, -0.2) is 0 Å². The Kier molecular flexibility index (Phi) is 6.01. The first-order chi connectivity index (χ1) is 6.66. The highest BCUT2D eigenvalue weighted by atomic mass is 79.9. The van der Waals surface area contributed by atoms with Crippen LogP contribution in [0.5, 0.6) is 0 Å². The highest BCUT2D eigenvalue weighted by Gasteiger charge is 2.40. The Morgan fingerprint density at radius 2 is 0.786 bits per heavy atom. The van der Waals surface area contributed by atoms with Crippen LogP contribution in [0.3, 0.4) is 0 Å². The van der Waals surface area contributed by atoms with Gasteiger partial charge in [0.05, 0.1) is 0 Å². The molecule has 2 rings (SSSR count). The lowest BCUT2D eigenvalue weighted by atomic mass is 10.2. The van der Waals surface area contributed by atoms with Crippen molar-refractivity contribution in [2.45, 2.75) is 25.7 Å². The monoisotopic (exact) mass is 452 g/mol. The van der Waals surface area contributed by atoms with E-state index in [1.807, 2.05) is 0 Å². The van der Waals surface area contributed by atoms with Crippen molar-refractivity contribution in [1.29, 1.82) is 0 Å². The molecule has 0 saturated heterocycles. The van der Waals surface area contributed by atoms with Crippen LogP contribution in [-0.2, 0) is 0 Å². The third kappa shape index (κ3) is 4.06. The molecule has 0 amide bonds. The molecule has 0 aromatic carbocycles. The van der Waals surface area contributed by atoms with Crippen LogP contribution < -0.4 is 0 Å². The standard InChI is InChI=1S/2C5H8Br2/c2*6-3-5(4-7)1-2-5/h2*1-4H2. The second-order valence-corrected chi connectivity index (χ2v) is 6.78. The van der Waals surface area contributed by atoms with Crippen molar-refractivity contribution in [3.8, 4) is 0 Å². The number of hydrogen-bond donors (Lipinski definition) is 0. The Morgan fingerprint density at radius 1 is 0.571 bits per heavy atom. The van der Waals surface area contributed by atoms with Gasteiger partial charge in [-0.15, -0.1) is 0 Å². The third-order valence-electron chi connectivity index (χ3n) is 3.05. The van der Waals surface area contributed by atoms with Gasteiger partial charge in [0.1, 0.15) is 0 Å². The van der Waals surface area contributed by atoms with Crippen LogP contribution in [0.2, 0.25) is 0 Å². The molecule has 0 nitrogen and oxygen atoms in total. The Hall–Kier alpha value is 1.92. The summed E-state index contributed by atoms with van der Waals surface area (Å²) in [5.41, 5.74) is 1.33. The molecule has 0 radical (unpaired) electrons. The van der Waals surface area contributed by atoms with Crippen molar-refractivity contribution in [2.75, 3.05) is 21.3 Å². The summed E-state index contributed by atoms with van der Waals surface area (Å²) in [5, 5.41) is 4.69. The normalized spacial score (nSPS) is 24.9. The van der Waals surface area contributed by atoms with Gasteiger partial charge in [0, 0.05) is 21.3 Å². The first kappa shape index (κ1) is 14.0. The van der Waals surface area contributed by atoms with Crippen LogP contribution in [0.25, 0.3) is 0 Å². The summed E-state index contributed by atoms with van der Waals surface area (Å²) in [7, 11) is 0. The molecule has 2 fully saturated rings. The zero-order valence-corrected chi connectivity index (χ0v) is 14.5. The van der Waals surface area contributed by atoms with E-state index in [-0.39, 0.29) is 0 Å². The molecule has 2 aliphatic rings. The van der Waals surface area contributed by atoms with Crippen molar-refractivity contribution in [3.05, 3.63) is 0 Å². The summed E-state index contributed by atoms with van der Waals surface area (Å²) in [6, 6.07) is 0. The van der Waals surface area contributed by atoms with Crippen LogP contribution in [-0.4, -0.2) is 21.3 Å². The van der Waals surface area contributed by atoms with E-state index in [1.165, 1.54) is 47.0 Å². The SMILES string of the molecule is BrCC1(CBr)CC1.BrCC1(CBr)CC1. The molecule has 0 aromatic rings. The molecule has 4 heteroatoms. The summed E-state index contributed by atoms with van der Waals surface area (Å²) in [5.74, 6) is 0. The molecule has 0 aliphatic heterocycles. The van der Waals surface area contributed by atoms with E-state index < -0.39 is 0 Å². The summed E-state index contributed by atoms with van der Waals surface area (Å²) in [6.07, 6.45) is 5.62. The van der Waals surface area contributed by atoms with E-state index in [0.29, 0.717) is 10.8 Å². The predicted octanol–water partition coefficient (Wildman–Crippen LogP) is 5.11. The highest BCUT2D eigenvalue weighted by molar-refractivity contribution is 9.10. The van der Waals surface area contributed by atoms with Gasteiger partial charge >= 0.3 is 0 Å². The smallest absolute Gasteiger partial charge is 0.00959 e.